The van der Waals surface area contributed by atoms with Crippen LogP contribution in [0.5, 0.6) is 0 Å². The third-order valence-electron chi connectivity index (χ3n) is 4.53. The normalized spacial score (nSPS) is 34.5. The lowest BCUT2D eigenvalue weighted by atomic mass is 9.87. The second kappa shape index (κ2) is 5.80. The van der Waals surface area contributed by atoms with Crippen molar-refractivity contribution < 1.29 is 9.53 Å². The number of hydrogen-bond acceptors (Lipinski definition) is 3. The van der Waals surface area contributed by atoms with Gasteiger partial charge in [-0.2, -0.15) is 0 Å². The van der Waals surface area contributed by atoms with Crippen LogP contribution in [0, 0.1) is 5.41 Å². The minimum atomic E-state index is 0.149. The van der Waals surface area contributed by atoms with E-state index in [4.69, 9.17) is 4.74 Å². The summed E-state index contributed by atoms with van der Waals surface area (Å²) < 4.78 is 5.66. The molecule has 0 aromatic carbocycles. The van der Waals surface area contributed by atoms with E-state index in [1.807, 2.05) is 18.7 Å². The van der Waals surface area contributed by atoms with Gasteiger partial charge in [0, 0.05) is 19.1 Å². The molecule has 0 aromatic heterocycles. The number of carbonyl (C=O) groups excluding carboxylic acids is 1. The van der Waals surface area contributed by atoms with Crippen molar-refractivity contribution in [2.75, 3.05) is 19.6 Å². The molecule has 1 N–H and O–H groups in total. The van der Waals surface area contributed by atoms with E-state index in [0.717, 1.165) is 13.1 Å². The molecule has 0 bridgehead atoms. The molecule has 2 rings (SSSR count). The summed E-state index contributed by atoms with van der Waals surface area (Å²) in [5.41, 5.74) is 0.325. The van der Waals surface area contributed by atoms with Crippen LogP contribution in [0.25, 0.3) is 0 Å². The first-order valence-electron chi connectivity index (χ1n) is 7.55. The first-order valence-corrected chi connectivity index (χ1v) is 7.55. The summed E-state index contributed by atoms with van der Waals surface area (Å²) in [5, 5.41) is 3.47. The summed E-state index contributed by atoms with van der Waals surface area (Å²) in [7, 11) is 0. The van der Waals surface area contributed by atoms with Crippen molar-refractivity contribution >= 4 is 5.91 Å². The molecular formula is C15H28N2O2. The van der Waals surface area contributed by atoms with E-state index in [2.05, 4.69) is 19.2 Å². The Kier molecular flexibility index (Phi) is 4.51. The summed E-state index contributed by atoms with van der Waals surface area (Å²) in [6.07, 6.45) is 4.01. The molecule has 19 heavy (non-hydrogen) atoms. The highest BCUT2D eigenvalue weighted by molar-refractivity contribution is 5.78. The number of carbonyl (C=O) groups is 1. The average Bonchev–Trinajstić information content (AvgIpc) is 2.64. The van der Waals surface area contributed by atoms with E-state index in [1.165, 1.54) is 19.3 Å². The summed E-state index contributed by atoms with van der Waals surface area (Å²) >= 11 is 0. The van der Waals surface area contributed by atoms with Gasteiger partial charge in [0.25, 0.3) is 0 Å². The molecule has 110 valence electrons. The van der Waals surface area contributed by atoms with Gasteiger partial charge in [-0.1, -0.05) is 20.3 Å². The highest BCUT2D eigenvalue weighted by Gasteiger charge is 2.35. The van der Waals surface area contributed by atoms with Crippen LogP contribution in [-0.4, -0.2) is 48.7 Å². The Labute approximate surface area is 116 Å². The quantitative estimate of drug-likeness (QED) is 0.848. The zero-order chi connectivity index (χ0) is 14.0. The van der Waals surface area contributed by atoms with Crippen molar-refractivity contribution in [1.29, 1.82) is 0 Å². The van der Waals surface area contributed by atoms with Crippen LogP contribution in [0.4, 0.5) is 0 Å². The van der Waals surface area contributed by atoms with Crippen LogP contribution >= 0.6 is 0 Å². The standard InChI is InChI=1S/C15H28N2O2/c1-11-9-17(10-12(2)19-11)14(18)8-16-13-6-5-7-15(13,3)4/h11-13,16H,5-10H2,1-4H3/t11-,12+,13-/m0/s1. The fraction of sp³-hybridized carbons (Fsp3) is 0.933. The summed E-state index contributed by atoms with van der Waals surface area (Å²) in [5.74, 6) is 0.213. The molecule has 1 amide bonds. The fourth-order valence-corrected chi connectivity index (χ4v) is 3.41. The van der Waals surface area contributed by atoms with Gasteiger partial charge in [-0.15, -0.1) is 0 Å². The third kappa shape index (κ3) is 3.69. The summed E-state index contributed by atoms with van der Waals surface area (Å²) in [4.78, 5) is 14.2. The first kappa shape index (κ1) is 14.8. The van der Waals surface area contributed by atoms with Gasteiger partial charge in [-0.3, -0.25) is 4.79 Å². The SMILES string of the molecule is C[C@@H]1CN(C(=O)CN[C@H]2CCCC2(C)C)C[C@H](C)O1. The Morgan fingerprint density at radius 3 is 2.47 bits per heavy atom. The first-order chi connectivity index (χ1) is 8.88. The van der Waals surface area contributed by atoms with E-state index < -0.39 is 0 Å². The van der Waals surface area contributed by atoms with Crippen molar-refractivity contribution in [2.24, 2.45) is 5.41 Å². The summed E-state index contributed by atoms with van der Waals surface area (Å²) in [6, 6.07) is 0.479. The van der Waals surface area contributed by atoms with Crippen LogP contribution in [0.2, 0.25) is 0 Å². The monoisotopic (exact) mass is 268 g/mol. The van der Waals surface area contributed by atoms with Gasteiger partial charge >= 0.3 is 0 Å². The number of morpholine rings is 1. The molecule has 2 fully saturated rings. The molecule has 3 atom stereocenters. The number of nitrogens with one attached hydrogen (secondary N) is 1. The molecule has 0 unspecified atom stereocenters. The Morgan fingerprint density at radius 1 is 1.32 bits per heavy atom. The molecule has 1 saturated heterocycles. The smallest absolute Gasteiger partial charge is 0.236 e. The van der Waals surface area contributed by atoms with E-state index in [1.54, 1.807) is 0 Å². The van der Waals surface area contributed by atoms with Gasteiger partial charge in [0.1, 0.15) is 0 Å². The fourth-order valence-electron chi connectivity index (χ4n) is 3.41. The number of ether oxygens (including phenoxy) is 1. The van der Waals surface area contributed by atoms with Crippen molar-refractivity contribution in [3.8, 4) is 0 Å². The highest BCUT2D eigenvalue weighted by atomic mass is 16.5. The van der Waals surface area contributed by atoms with Crippen LogP contribution < -0.4 is 5.32 Å². The largest absolute Gasteiger partial charge is 0.372 e. The van der Waals surface area contributed by atoms with E-state index in [-0.39, 0.29) is 18.1 Å². The van der Waals surface area contributed by atoms with Gasteiger partial charge in [-0.05, 0) is 32.1 Å². The second-order valence-corrected chi connectivity index (χ2v) is 6.87. The highest BCUT2D eigenvalue weighted by Crippen LogP contribution is 2.37. The predicted molar refractivity (Wildman–Crippen MR) is 76.0 cm³/mol. The van der Waals surface area contributed by atoms with E-state index >= 15 is 0 Å². The maximum atomic E-state index is 12.3. The van der Waals surface area contributed by atoms with E-state index in [9.17, 15) is 4.79 Å². The molecule has 1 aliphatic carbocycles. The Balaban J connectivity index is 1.81. The van der Waals surface area contributed by atoms with Gasteiger partial charge in [0.15, 0.2) is 0 Å². The number of amides is 1. The maximum Gasteiger partial charge on any atom is 0.236 e. The van der Waals surface area contributed by atoms with Gasteiger partial charge in [0.2, 0.25) is 5.91 Å². The molecule has 2 aliphatic rings. The zero-order valence-electron chi connectivity index (χ0n) is 12.7. The van der Waals surface area contributed by atoms with Crippen molar-refractivity contribution in [3.63, 3.8) is 0 Å². The maximum absolute atomic E-state index is 12.3. The lowest BCUT2D eigenvalue weighted by Gasteiger charge is -2.36. The minimum Gasteiger partial charge on any atom is -0.372 e. The number of nitrogens with zero attached hydrogens (tertiary/aromatic N) is 1. The number of rotatable bonds is 3. The van der Waals surface area contributed by atoms with Crippen LogP contribution in [-0.2, 0) is 9.53 Å². The van der Waals surface area contributed by atoms with Crippen molar-refractivity contribution in [3.05, 3.63) is 0 Å². The lowest BCUT2D eigenvalue weighted by molar-refractivity contribution is -0.142. The summed E-state index contributed by atoms with van der Waals surface area (Å²) in [6.45, 7) is 10.6. The average molecular weight is 268 g/mol. The molecule has 0 spiro atoms. The molecule has 0 radical (unpaired) electrons. The minimum absolute atomic E-state index is 0.149. The topological polar surface area (TPSA) is 41.6 Å². The van der Waals surface area contributed by atoms with Crippen molar-refractivity contribution in [2.45, 2.75) is 65.2 Å². The van der Waals surface area contributed by atoms with Gasteiger partial charge in [0.05, 0.1) is 18.8 Å². The zero-order valence-corrected chi connectivity index (χ0v) is 12.7. The molecule has 1 saturated carbocycles. The Hall–Kier alpha value is -0.610. The van der Waals surface area contributed by atoms with Crippen LogP contribution in [0.1, 0.15) is 47.0 Å². The van der Waals surface area contributed by atoms with Crippen molar-refractivity contribution in [1.82, 2.24) is 10.2 Å². The Bertz CT molecular complexity index is 320. The molecule has 4 heteroatoms. The van der Waals surface area contributed by atoms with Gasteiger partial charge in [-0.25, -0.2) is 0 Å². The molecule has 0 aromatic rings. The molecular weight excluding hydrogens is 240 g/mol. The molecule has 1 heterocycles. The van der Waals surface area contributed by atoms with Crippen LogP contribution in [0.15, 0.2) is 0 Å². The second-order valence-electron chi connectivity index (χ2n) is 6.87. The third-order valence-corrected chi connectivity index (χ3v) is 4.53. The van der Waals surface area contributed by atoms with E-state index in [0.29, 0.717) is 18.0 Å². The Morgan fingerprint density at radius 2 is 1.95 bits per heavy atom. The lowest BCUT2D eigenvalue weighted by Crippen LogP contribution is -2.52. The molecule has 1 aliphatic heterocycles. The predicted octanol–water partition coefficient (Wildman–Crippen LogP) is 1.79. The van der Waals surface area contributed by atoms with Gasteiger partial charge < -0.3 is 15.0 Å². The molecule has 4 nitrogen and oxygen atoms in total. The van der Waals surface area contributed by atoms with Crippen LogP contribution in [0.3, 0.4) is 0 Å². The number of hydrogen-bond donors (Lipinski definition) is 1.